The SMILES string of the molecule is NC(Cc1ccc(Oc2ccc(O)cc2I)c(I)c1I)C(=O)O. The first-order valence-corrected chi connectivity index (χ1v) is 9.65. The molecule has 0 aromatic heterocycles. The van der Waals surface area contributed by atoms with Gasteiger partial charge in [0.05, 0.1) is 7.14 Å². The zero-order valence-electron chi connectivity index (χ0n) is 11.6. The summed E-state index contributed by atoms with van der Waals surface area (Å²) in [7, 11) is 0. The highest BCUT2D eigenvalue weighted by atomic mass is 127. The summed E-state index contributed by atoms with van der Waals surface area (Å²) in [6, 6.07) is 7.59. The third-order valence-electron chi connectivity index (χ3n) is 3.02. The number of benzene rings is 2. The minimum Gasteiger partial charge on any atom is -0.508 e. The van der Waals surface area contributed by atoms with Gasteiger partial charge >= 0.3 is 5.97 Å². The molecule has 5 nitrogen and oxygen atoms in total. The van der Waals surface area contributed by atoms with Crippen LogP contribution in [0.5, 0.6) is 17.2 Å². The number of phenolic OH excluding ortho intramolecular Hbond substituents is 1. The van der Waals surface area contributed by atoms with Gasteiger partial charge in [-0.25, -0.2) is 0 Å². The van der Waals surface area contributed by atoms with E-state index in [0.717, 1.165) is 16.3 Å². The Morgan fingerprint density at radius 3 is 2.39 bits per heavy atom. The Balaban J connectivity index is 2.28. The van der Waals surface area contributed by atoms with Gasteiger partial charge in [0, 0.05) is 3.57 Å². The van der Waals surface area contributed by atoms with Crippen LogP contribution in [-0.4, -0.2) is 22.2 Å². The minimum absolute atomic E-state index is 0.184. The van der Waals surface area contributed by atoms with Gasteiger partial charge in [-0.3, -0.25) is 4.79 Å². The quantitative estimate of drug-likeness (QED) is 0.427. The van der Waals surface area contributed by atoms with E-state index >= 15 is 0 Å². The summed E-state index contributed by atoms with van der Waals surface area (Å²) >= 11 is 6.43. The highest BCUT2D eigenvalue weighted by molar-refractivity contribution is 14.1. The summed E-state index contributed by atoms with van der Waals surface area (Å²) in [6.45, 7) is 0. The molecule has 1 unspecified atom stereocenters. The number of carboxylic acids is 1. The number of hydrogen-bond donors (Lipinski definition) is 3. The largest absolute Gasteiger partial charge is 0.508 e. The average Bonchev–Trinajstić information content (AvgIpc) is 2.49. The van der Waals surface area contributed by atoms with Gasteiger partial charge in [-0.1, -0.05) is 6.07 Å². The minimum atomic E-state index is -1.02. The lowest BCUT2D eigenvalue weighted by atomic mass is 10.1. The number of phenols is 1. The molecule has 0 bridgehead atoms. The second-order valence-corrected chi connectivity index (χ2v) is 8.04. The Morgan fingerprint density at radius 2 is 1.78 bits per heavy atom. The number of carbonyl (C=O) groups is 1. The van der Waals surface area contributed by atoms with Crippen LogP contribution in [-0.2, 0) is 11.2 Å². The van der Waals surface area contributed by atoms with E-state index in [2.05, 4.69) is 67.8 Å². The number of rotatable bonds is 5. The van der Waals surface area contributed by atoms with Crippen molar-refractivity contribution >= 4 is 73.7 Å². The Bertz CT molecular complexity index is 752. The normalized spacial score (nSPS) is 12.0. The molecule has 0 saturated heterocycles. The number of aliphatic carboxylic acids is 1. The predicted molar refractivity (Wildman–Crippen MR) is 112 cm³/mol. The maximum Gasteiger partial charge on any atom is 0.320 e. The Morgan fingerprint density at radius 1 is 1.13 bits per heavy atom. The van der Waals surface area contributed by atoms with Crippen molar-refractivity contribution in [2.45, 2.75) is 12.5 Å². The lowest BCUT2D eigenvalue weighted by molar-refractivity contribution is -0.138. The highest BCUT2D eigenvalue weighted by Gasteiger charge is 2.17. The molecule has 122 valence electrons. The molecule has 0 radical (unpaired) electrons. The van der Waals surface area contributed by atoms with Crippen LogP contribution in [0.3, 0.4) is 0 Å². The van der Waals surface area contributed by atoms with Crippen LogP contribution in [0.25, 0.3) is 0 Å². The van der Waals surface area contributed by atoms with E-state index in [1.165, 1.54) is 0 Å². The number of hydrogen-bond acceptors (Lipinski definition) is 4. The number of ether oxygens (including phenoxy) is 1. The van der Waals surface area contributed by atoms with Gasteiger partial charge in [-0.05, 0) is 104 Å². The number of halogens is 3. The number of nitrogens with two attached hydrogens (primary N) is 1. The van der Waals surface area contributed by atoms with Crippen LogP contribution in [0.2, 0.25) is 0 Å². The molecule has 23 heavy (non-hydrogen) atoms. The van der Waals surface area contributed by atoms with E-state index in [1.54, 1.807) is 24.3 Å². The molecule has 0 aliphatic rings. The van der Waals surface area contributed by atoms with Crippen molar-refractivity contribution in [1.82, 2.24) is 0 Å². The van der Waals surface area contributed by atoms with Gasteiger partial charge in [0.25, 0.3) is 0 Å². The fraction of sp³-hybridized carbons (Fsp3) is 0.133. The molecule has 8 heteroatoms. The van der Waals surface area contributed by atoms with Crippen molar-refractivity contribution < 1.29 is 19.7 Å². The van der Waals surface area contributed by atoms with Crippen LogP contribution in [0, 0.1) is 10.7 Å². The maximum atomic E-state index is 10.9. The van der Waals surface area contributed by atoms with E-state index in [0.29, 0.717) is 11.5 Å². The van der Waals surface area contributed by atoms with Crippen LogP contribution < -0.4 is 10.5 Å². The number of aromatic hydroxyl groups is 1. The molecule has 4 N–H and O–H groups in total. The Kier molecular flexibility index (Phi) is 6.74. The van der Waals surface area contributed by atoms with E-state index < -0.39 is 12.0 Å². The van der Waals surface area contributed by atoms with E-state index in [4.69, 9.17) is 15.6 Å². The van der Waals surface area contributed by atoms with Crippen LogP contribution in [0.4, 0.5) is 0 Å². The summed E-state index contributed by atoms with van der Waals surface area (Å²) < 4.78 is 8.51. The van der Waals surface area contributed by atoms with Gasteiger partial charge in [-0.2, -0.15) is 0 Å². The second-order valence-electron chi connectivity index (χ2n) is 4.72. The molecular weight excluding hydrogens is 639 g/mol. The van der Waals surface area contributed by atoms with Gasteiger partial charge < -0.3 is 20.7 Å². The average molecular weight is 651 g/mol. The van der Waals surface area contributed by atoms with Gasteiger partial charge in [0.1, 0.15) is 23.3 Å². The van der Waals surface area contributed by atoms with Gasteiger partial charge in [0.2, 0.25) is 0 Å². The van der Waals surface area contributed by atoms with Crippen molar-refractivity contribution in [2.24, 2.45) is 5.73 Å². The predicted octanol–water partition coefficient (Wildman–Crippen LogP) is 3.95. The summed E-state index contributed by atoms with van der Waals surface area (Å²) in [5.41, 5.74) is 6.47. The summed E-state index contributed by atoms with van der Waals surface area (Å²) in [5.74, 6) is 0.483. The molecule has 0 aliphatic heterocycles. The van der Waals surface area contributed by atoms with Crippen LogP contribution in [0.1, 0.15) is 5.56 Å². The Labute approximate surface area is 174 Å². The lowest BCUT2D eigenvalue weighted by Crippen LogP contribution is -2.32. The first-order valence-electron chi connectivity index (χ1n) is 6.41. The third kappa shape index (κ3) is 4.82. The zero-order valence-corrected chi connectivity index (χ0v) is 18.1. The molecule has 1 atom stereocenters. The third-order valence-corrected chi connectivity index (χ3v) is 7.20. The molecular formula is C15H12I3NO4. The lowest BCUT2D eigenvalue weighted by Gasteiger charge is -2.14. The van der Waals surface area contributed by atoms with Crippen LogP contribution >= 0.6 is 67.8 Å². The summed E-state index contributed by atoms with van der Waals surface area (Å²) in [5, 5.41) is 18.4. The standard InChI is InChI=1S/C15H12I3NO4/c16-9-6-8(20)2-4-11(9)23-12-3-1-7(13(17)14(12)18)5-10(19)15(21)22/h1-4,6,10,20H,5,19H2,(H,21,22). The van der Waals surface area contributed by atoms with Crippen molar-refractivity contribution in [3.05, 3.63) is 46.6 Å². The van der Waals surface area contributed by atoms with E-state index in [9.17, 15) is 9.90 Å². The Hall–Kier alpha value is -0.340. The topological polar surface area (TPSA) is 92.8 Å². The molecule has 2 aromatic carbocycles. The van der Waals surface area contributed by atoms with E-state index in [-0.39, 0.29) is 12.2 Å². The van der Waals surface area contributed by atoms with Gasteiger partial charge in [-0.15, -0.1) is 0 Å². The van der Waals surface area contributed by atoms with Crippen molar-refractivity contribution in [3.63, 3.8) is 0 Å². The van der Waals surface area contributed by atoms with Gasteiger partial charge in [0.15, 0.2) is 0 Å². The first kappa shape index (κ1) is 19.0. The first-order chi connectivity index (χ1) is 10.8. The maximum absolute atomic E-state index is 10.9. The van der Waals surface area contributed by atoms with Crippen molar-refractivity contribution in [3.8, 4) is 17.2 Å². The zero-order chi connectivity index (χ0) is 17.1. The second kappa shape index (κ2) is 8.16. The molecule has 0 spiro atoms. The summed E-state index contributed by atoms with van der Waals surface area (Å²) in [4.78, 5) is 10.9. The molecule has 0 saturated carbocycles. The fourth-order valence-electron chi connectivity index (χ4n) is 1.82. The summed E-state index contributed by atoms with van der Waals surface area (Å²) in [6.07, 6.45) is 0.265. The van der Waals surface area contributed by atoms with Crippen molar-refractivity contribution in [1.29, 1.82) is 0 Å². The smallest absolute Gasteiger partial charge is 0.320 e. The molecule has 0 fully saturated rings. The molecule has 2 aromatic rings. The van der Waals surface area contributed by atoms with Crippen molar-refractivity contribution in [2.75, 3.05) is 0 Å². The monoisotopic (exact) mass is 651 g/mol. The molecule has 0 heterocycles. The molecule has 0 aliphatic carbocycles. The number of carboxylic acid groups (broad SMARTS) is 1. The van der Waals surface area contributed by atoms with E-state index in [1.807, 2.05) is 6.07 Å². The van der Waals surface area contributed by atoms with Crippen LogP contribution in [0.15, 0.2) is 30.3 Å². The molecule has 2 rings (SSSR count). The highest BCUT2D eigenvalue weighted by Crippen LogP contribution is 2.35. The fourth-order valence-corrected chi connectivity index (χ4v) is 3.73. The molecule has 0 amide bonds.